The molecule has 1 N–H and O–H groups in total. The van der Waals surface area contributed by atoms with E-state index in [1.165, 1.54) is 11.1 Å². The van der Waals surface area contributed by atoms with E-state index in [4.69, 9.17) is 4.74 Å². The number of rotatable bonds is 9. The molecule has 128 valence electrons. The maximum atomic E-state index is 5.48. The first-order chi connectivity index (χ1) is 11.8. The molecule has 0 amide bonds. The molecule has 0 fully saturated rings. The summed E-state index contributed by atoms with van der Waals surface area (Å²) in [4.78, 5) is 0. The van der Waals surface area contributed by atoms with Crippen molar-refractivity contribution < 1.29 is 4.74 Å². The normalized spacial score (nSPS) is 15.3. The molecule has 0 bridgehead atoms. The van der Waals surface area contributed by atoms with Crippen LogP contribution in [0.3, 0.4) is 0 Å². The zero-order valence-electron chi connectivity index (χ0n) is 15.0. The summed E-state index contributed by atoms with van der Waals surface area (Å²) in [5, 5.41) is 3.82. The van der Waals surface area contributed by atoms with Gasteiger partial charge in [0.2, 0.25) is 0 Å². The second-order valence-electron chi connectivity index (χ2n) is 6.17. The molecule has 0 saturated heterocycles. The van der Waals surface area contributed by atoms with Gasteiger partial charge in [-0.3, -0.25) is 0 Å². The van der Waals surface area contributed by atoms with Crippen molar-refractivity contribution in [3.05, 3.63) is 83.9 Å². The third-order valence-electron chi connectivity index (χ3n) is 4.28. The van der Waals surface area contributed by atoms with Crippen molar-refractivity contribution >= 4 is 0 Å². The van der Waals surface area contributed by atoms with Crippen LogP contribution in [0, 0.1) is 5.92 Å². The van der Waals surface area contributed by atoms with Gasteiger partial charge in [-0.2, -0.15) is 0 Å². The summed E-state index contributed by atoms with van der Waals surface area (Å²) < 4.78 is 5.48. The van der Waals surface area contributed by atoms with Crippen LogP contribution < -0.4 is 5.32 Å². The summed E-state index contributed by atoms with van der Waals surface area (Å²) in [6.45, 7) is 5.09. The van der Waals surface area contributed by atoms with Crippen molar-refractivity contribution in [1.82, 2.24) is 5.32 Å². The highest BCUT2D eigenvalue weighted by Gasteiger charge is 2.22. The van der Waals surface area contributed by atoms with E-state index in [1.807, 2.05) is 0 Å². The van der Waals surface area contributed by atoms with Crippen molar-refractivity contribution in [2.75, 3.05) is 13.7 Å². The van der Waals surface area contributed by atoms with E-state index < -0.39 is 0 Å². The largest absolute Gasteiger partial charge is 0.383 e. The minimum Gasteiger partial charge on any atom is -0.383 e. The lowest BCUT2D eigenvalue weighted by Crippen LogP contribution is -2.32. The molecule has 2 heteroatoms. The average molecular weight is 323 g/mol. The second-order valence-corrected chi connectivity index (χ2v) is 6.17. The standard InChI is InChI=1S/C22H29NO/c1-4-5-12-18(2)22(20-15-10-7-11-16-20)23-21(17-24-3)19-13-8-6-9-14-19/h5-16,18,21-23H,4,17H2,1-3H3/b12-5-/t18-,21+,22-/m1/s1. The molecule has 0 radical (unpaired) electrons. The number of hydrogen-bond donors (Lipinski definition) is 1. The Morgan fingerprint density at radius 1 is 0.958 bits per heavy atom. The third-order valence-corrected chi connectivity index (χ3v) is 4.28. The number of methoxy groups -OCH3 is 1. The quantitative estimate of drug-likeness (QED) is 0.632. The smallest absolute Gasteiger partial charge is 0.0657 e. The van der Waals surface area contributed by atoms with Gasteiger partial charge in [-0.25, -0.2) is 0 Å². The SMILES string of the molecule is CC/C=C\[C@@H](C)[C@@H](N[C@@H](COC)c1ccccc1)c1ccccc1. The van der Waals surface area contributed by atoms with Crippen LogP contribution in [0.15, 0.2) is 72.8 Å². The lowest BCUT2D eigenvalue weighted by molar-refractivity contribution is 0.157. The highest BCUT2D eigenvalue weighted by atomic mass is 16.5. The van der Waals surface area contributed by atoms with Crippen LogP contribution >= 0.6 is 0 Å². The average Bonchev–Trinajstić information content (AvgIpc) is 2.64. The molecule has 0 aliphatic carbocycles. The van der Waals surface area contributed by atoms with Crippen molar-refractivity contribution in [3.63, 3.8) is 0 Å². The van der Waals surface area contributed by atoms with Gasteiger partial charge in [0, 0.05) is 13.2 Å². The fraction of sp³-hybridized carbons (Fsp3) is 0.364. The fourth-order valence-corrected chi connectivity index (χ4v) is 2.98. The molecule has 2 nitrogen and oxygen atoms in total. The number of benzene rings is 2. The molecule has 2 rings (SSSR count). The molecule has 2 aromatic carbocycles. The predicted molar refractivity (Wildman–Crippen MR) is 102 cm³/mol. The number of nitrogens with one attached hydrogen (secondary N) is 1. The molecule has 3 atom stereocenters. The van der Waals surface area contributed by atoms with Crippen molar-refractivity contribution in [2.45, 2.75) is 32.4 Å². The molecule has 0 unspecified atom stereocenters. The highest BCUT2D eigenvalue weighted by molar-refractivity contribution is 5.24. The Labute approximate surface area is 146 Å². The van der Waals surface area contributed by atoms with Gasteiger partial charge >= 0.3 is 0 Å². The minimum atomic E-state index is 0.166. The number of hydrogen-bond acceptors (Lipinski definition) is 2. The first kappa shape index (κ1) is 18.4. The zero-order valence-corrected chi connectivity index (χ0v) is 15.0. The van der Waals surface area contributed by atoms with Crippen LogP contribution in [0.2, 0.25) is 0 Å². The Kier molecular flexibility index (Phi) is 7.73. The molecule has 0 aliphatic rings. The van der Waals surface area contributed by atoms with Gasteiger partial charge in [0.1, 0.15) is 0 Å². The van der Waals surface area contributed by atoms with Gasteiger partial charge in [0.25, 0.3) is 0 Å². The summed E-state index contributed by atoms with van der Waals surface area (Å²) in [6, 6.07) is 21.6. The Balaban J connectivity index is 2.26. The van der Waals surface area contributed by atoms with E-state index in [2.05, 4.69) is 92.0 Å². The van der Waals surface area contributed by atoms with Gasteiger partial charge in [-0.1, -0.05) is 86.7 Å². The molecule has 2 aromatic rings. The van der Waals surface area contributed by atoms with Crippen LogP contribution in [-0.4, -0.2) is 13.7 Å². The van der Waals surface area contributed by atoms with Crippen LogP contribution in [0.4, 0.5) is 0 Å². The second kappa shape index (κ2) is 10.1. The molecule has 0 aromatic heterocycles. The van der Waals surface area contributed by atoms with E-state index in [1.54, 1.807) is 7.11 Å². The molecule has 0 spiro atoms. The first-order valence-electron chi connectivity index (χ1n) is 8.77. The van der Waals surface area contributed by atoms with Crippen molar-refractivity contribution in [1.29, 1.82) is 0 Å². The van der Waals surface area contributed by atoms with Crippen molar-refractivity contribution in [3.8, 4) is 0 Å². The van der Waals surface area contributed by atoms with Gasteiger partial charge in [0.15, 0.2) is 0 Å². The zero-order chi connectivity index (χ0) is 17.2. The van der Waals surface area contributed by atoms with E-state index in [0.717, 1.165) is 6.42 Å². The highest BCUT2D eigenvalue weighted by Crippen LogP contribution is 2.27. The molecular weight excluding hydrogens is 294 g/mol. The first-order valence-corrected chi connectivity index (χ1v) is 8.77. The Bertz CT molecular complexity index is 594. The Morgan fingerprint density at radius 2 is 1.54 bits per heavy atom. The van der Waals surface area contributed by atoms with Crippen LogP contribution in [0.25, 0.3) is 0 Å². The van der Waals surface area contributed by atoms with E-state index in [0.29, 0.717) is 12.5 Å². The molecule has 0 saturated carbocycles. The minimum absolute atomic E-state index is 0.166. The van der Waals surface area contributed by atoms with E-state index in [9.17, 15) is 0 Å². The Hall–Kier alpha value is -1.90. The number of ether oxygens (including phenoxy) is 1. The monoisotopic (exact) mass is 323 g/mol. The fourth-order valence-electron chi connectivity index (χ4n) is 2.98. The van der Waals surface area contributed by atoms with Gasteiger partial charge < -0.3 is 10.1 Å². The summed E-state index contributed by atoms with van der Waals surface area (Å²) >= 11 is 0. The summed E-state index contributed by atoms with van der Waals surface area (Å²) in [7, 11) is 1.76. The van der Waals surface area contributed by atoms with Crippen LogP contribution in [0.1, 0.15) is 43.5 Å². The van der Waals surface area contributed by atoms with E-state index >= 15 is 0 Å². The topological polar surface area (TPSA) is 21.3 Å². The summed E-state index contributed by atoms with van der Waals surface area (Å²) in [6.07, 6.45) is 5.61. The third kappa shape index (κ3) is 5.33. The van der Waals surface area contributed by atoms with E-state index in [-0.39, 0.29) is 12.1 Å². The molecule has 0 aliphatic heterocycles. The summed E-state index contributed by atoms with van der Waals surface area (Å²) in [5.74, 6) is 0.399. The van der Waals surface area contributed by atoms with Gasteiger partial charge in [-0.05, 0) is 23.5 Å². The van der Waals surface area contributed by atoms with Gasteiger partial charge in [-0.15, -0.1) is 0 Å². The van der Waals surface area contributed by atoms with Crippen LogP contribution in [-0.2, 0) is 4.74 Å². The number of allylic oxidation sites excluding steroid dienone is 1. The van der Waals surface area contributed by atoms with Crippen molar-refractivity contribution in [2.24, 2.45) is 5.92 Å². The lowest BCUT2D eigenvalue weighted by Gasteiger charge is -2.29. The predicted octanol–water partition coefficient (Wildman–Crippen LogP) is 5.31. The molecular formula is C22H29NO. The van der Waals surface area contributed by atoms with Gasteiger partial charge in [0.05, 0.1) is 12.6 Å². The maximum Gasteiger partial charge on any atom is 0.0657 e. The Morgan fingerprint density at radius 3 is 2.08 bits per heavy atom. The van der Waals surface area contributed by atoms with Crippen LogP contribution in [0.5, 0.6) is 0 Å². The lowest BCUT2D eigenvalue weighted by atomic mass is 9.92. The molecule has 0 heterocycles. The molecule has 24 heavy (non-hydrogen) atoms. The summed E-state index contributed by atoms with van der Waals surface area (Å²) in [5.41, 5.74) is 2.56. The maximum absolute atomic E-state index is 5.48.